The Morgan fingerprint density at radius 3 is 2.86 bits per heavy atom. The standard InChI is InChI=1S/C13H20ClN3O2S2/c1-13(6-3-7-16-13)9-17-20-10-4-5-11(14)12(8-10)21(18,19)15-2/h4-5,8,15-17H,3,6-7,9H2,1-2H3. The van der Waals surface area contributed by atoms with Crippen LogP contribution in [0.15, 0.2) is 28.0 Å². The number of hydrogen-bond acceptors (Lipinski definition) is 5. The van der Waals surface area contributed by atoms with Crippen LogP contribution < -0.4 is 14.8 Å². The average Bonchev–Trinajstić information content (AvgIpc) is 2.87. The van der Waals surface area contributed by atoms with Crippen molar-refractivity contribution in [3.05, 3.63) is 23.2 Å². The van der Waals surface area contributed by atoms with Crippen LogP contribution in [0.4, 0.5) is 0 Å². The fraction of sp³-hybridized carbons (Fsp3) is 0.538. The lowest BCUT2D eigenvalue weighted by molar-refractivity contribution is 0.416. The molecule has 0 aliphatic carbocycles. The first kappa shape index (κ1) is 17.1. The molecular formula is C13H20ClN3O2S2. The predicted octanol–water partition coefficient (Wildman–Crippen LogP) is 1.99. The molecule has 1 heterocycles. The van der Waals surface area contributed by atoms with Crippen molar-refractivity contribution in [3.8, 4) is 0 Å². The molecule has 0 amide bonds. The molecule has 5 nitrogen and oxygen atoms in total. The minimum atomic E-state index is -3.54. The molecule has 8 heteroatoms. The van der Waals surface area contributed by atoms with Gasteiger partial charge in [0.05, 0.1) is 5.02 Å². The summed E-state index contributed by atoms with van der Waals surface area (Å²) in [6, 6.07) is 4.99. The van der Waals surface area contributed by atoms with Gasteiger partial charge in [0.2, 0.25) is 10.0 Å². The van der Waals surface area contributed by atoms with Crippen LogP contribution in [0, 0.1) is 0 Å². The number of halogens is 1. The van der Waals surface area contributed by atoms with Gasteiger partial charge in [-0.05, 0) is 63.5 Å². The fourth-order valence-corrected chi connectivity index (χ4v) is 4.44. The van der Waals surface area contributed by atoms with Crippen molar-refractivity contribution in [1.82, 2.24) is 14.8 Å². The number of sulfonamides is 1. The van der Waals surface area contributed by atoms with E-state index in [2.05, 4.69) is 21.7 Å². The van der Waals surface area contributed by atoms with E-state index >= 15 is 0 Å². The van der Waals surface area contributed by atoms with Gasteiger partial charge in [-0.2, -0.15) is 0 Å². The Balaban J connectivity index is 2.03. The van der Waals surface area contributed by atoms with Crippen LogP contribution in [0.2, 0.25) is 5.02 Å². The van der Waals surface area contributed by atoms with Crippen LogP contribution >= 0.6 is 23.5 Å². The largest absolute Gasteiger partial charge is 0.310 e. The maximum atomic E-state index is 11.9. The minimum Gasteiger partial charge on any atom is -0.310 e. The molecule has 0 radical (unpaired) electrons. The molecule has 3 N–H and O–H groups in total. The lowest BCUT2D eigenvalue weighted by Crippen LogP contribution is -2.43. The van der Waals surface area contributed by atoms with E-state index in [1.807, 2.05) is 0 Å². The zero-order chi connectivity index (χ0) is 15.5. The summed E-state index contributed by atoms with van der Waals surface area (Å²) in [5.74, 6) is 0. The highest BCUT2D eigenvalue weighted by Gasteiger charge is 2.27. The van der Waals surface area contributed by atoms with Crippen LogP contribution in [0.3, 0.4) is 0 Å². The van der Waals surface area contributed by atoms with Crippen molar-refractivity contribution in [1.29, 1.82) is 0 Å². The lowest BCUT2D eigenvalue weighted by atomic mass is 10.0. The van der Waals surface area contributed by atoms with Gasteiger partial charge in [0.15, 0.2) is 0 Å². The second-order valence-electron chi connectivity index (χ2n) is 5.31. The SMILES string of the molecule is CNS(=O)(=O)c1cc(SNCC2(C)CCCN2)ccc1Cl. The maximum Gasteiger partial charge on any atom is 0.241 e. The first-order valence-corrected chi connectivity index (χ1v) is 9.42. The summed E-state index contributed by atoms with van der Waals surface area (Å²) < 4.78 is 29.3. The van der Waals surface area contributed by atoms with E-state index in [0.29, 0.717) is 0 Å². The van der Waals surface area contributed by atoms with E-state index in [0.717, 1.165) is 24.4 Å². The van der Waals surface area contributed by atoms with Crippen molar-refractivity contribution in [3.63, 3.8) is 0 Å². The third-order valence-electron chi connectivity index (χ3n) is 3.57. The summed E-state index contributed by atoms with van der Waals surface area (Å²) in [7, 11) is -2.17. The zero-order valence-corrected chi connectivity index (χ0v) is 14.5. The van der Waals surface area contributed by atoms with Crippen molar-refractivity contribution in [2.24, 2.45) is 0 Å². The highest BCUT2D eigenvalue weighted by molar-refractivity contribution is 7.97. The highest BCUT2D eigenvalue weighted by Crippen LogP contribution is 2.27. The Morgan fingerprint density at radius 2 is 2.24 bits per heavy atom. The van der Waals surface area contributed by atoms with Crippen LogP contribution in [-0.2, 0) is 10.0 Å². The summed E-state index contributed by atoms with van der Waals surface area (Å²) in [4.78, 5) is 0.915. The fourth-order valence-electron chi connectivity index (χ4n) is 2.25. The summed E-state index contributed by atoms with van der Waals surface area (Å²) in [5, 5.41) is 3.69. The Kier molecular flexibility index (Phi) is 5.56. The van der Waals surface area contributed by atoms with Gasteiger partial charge < -0.3 is 5.32 Å². The molecule has 1 unspecified atom stereocenters. The van der Waals surface area contributed by atoms with Crippen molar-refractivity contribution in [2.75, 3.05) is 20.1 Å². The van der Waals surface area contributed by atoms with Gasteiger partial charge in [-0.3, -0.25) is 4.72 Å². The second-order valence-corrected chi connectivity index (χ2v) is 8.54. The first-order valence-electron chi connectivity index (χ1n) is 6.74. The number of hydrogen-bond donors (Lipinski definition) is 3. The Labute approximate surface area is 135 Å². The van der Waals surface area contributed by atoms with Crippen molar-refractivity contribution in [2.45, 2.75) is 35.1 Å². The van der Waals surface area contributed by atoms with Crippen LogP contribution in [0.5, 0.6) is 0 Å². The first-order chi connectivity index (χ1) is 9.86. The van der Waals surface area contributed by atoms with Gasteiger partial charge in [0.1, 0.15) is 4.90 Å². The zero-order valence-electron chi connectivity index (χ0n) is 12.1. The van der Waals surface area contributed by atoms with E-state index in [4.69, 9.17) is 11.6 Å². The molecule has 1 aliphatic heterocycles. The monoisotopic (exact) mass is 349 g/mol. The lowest BCUT2D eigenvalue weighted by Gasteiger charge is -2.24. The van der Waals surface area contributed by atoms with Crippen LogP contribution in [-0.4, -0.2) is 34.1 Å². The van der Waals surface area contributed by atoms with E-state index < -0.39 is 10.0 Å². The quantitative estimate of drug-likeness (QED) is 0.685. The number of rotatable bonds is 6. The molecule has 118 valence electrons. The van der Waals surface area contributed by atoms with E-state index in [1.54, 1.807) is 18.2 Å². The van der Waals surface area contributed by atoms with E-state index in [-0.39, 0.29) is 15.5 Å². The van der Waals surface area contributed by atoms with Gasteiger partial charge in [-0.15, -0.1) is 0 Å². The molecule has 0 aromatic heterocycles. The molecule has 0 bridgehead atoms. The molecular weight excluding hydrogens is 330 g/mol. The van der Waals surface area contributed by atoms with Gasteiger partial charge in [-0.1, -0.05) is 11.6 Å². The molecule has 0 saturated carbocycles. The molecule has 1 fully saturated rings. The summed E-state index contributed by atoms with van der Waals surface area (Å²) in [5.41, 5.74) is 0.110. The Hall–Kier alpha value is -0.310. The summed E-state index contributed by atoms with van der Waals surface area (Å²) in [6.45, 7) is 4.05. The van der Waals surface area contributed by atoms with Gasteiger partial charge in [0, 0.05) is 17.0 Å². The van der Waals surface area contributed by atoms with Crippen LogP contribution in [0.1, 0.15) is 19.8 Å². The van der Waals surface area contributed by atoms with Gasteiger partial charge in [-0.25, -0.2) is 13.1 Å². The number of nitrogens with one attached hydrogen (secondary N) is 3. The van der Waals surface area contributed by atoms with Crippen molar-refractivity contribution < 1.29 is 8.42 Å². The maximum absolute atomic E-state index is 11.9. The van der Waals surface area contributed by atoms with Gasteiger partial charge >= 0.3 is 0 Å². The Bertz CT molecular complexity index is 601. The van der Waals surface area contributed by atoms with Gasteiger partial charge in [0.25, 0.3) is 0 Å². The molecule has 0 spiro atoms. The molecule has 1 aliphatic rings. The molecule has 1 saturated heterocycles. The molecule has 21 heavy (non-hydrogen) atoms. The number of benzene rings is 1. The average molecular weight is 350 g/mol. The molecule has 1 aromatic carbocycles. The highest BCUT2D eigenvalue weighted by atomic mass is 35.5. The molecule has 1 aromatic rings. The van der Waals surface area contributed by atoms with Crippen molar-refractivity contribution >= 4 is 33.6 Å². The summed E-state index contributed by atoms with van der Waals surface area (Å²) in [6.07, 6.45) is 2.33. The smallest absolute Gasteiger partial charge is 0.241 e. The van der Waals surface area contributed by atoms with Crippen LogP contribution in [0.25, 0.3) is 0 Å². The topological polar surface area (TPSA) is 70.2 Å². The van der Waals surface area contributed by atoms with E-state index in [9.17, 15) is 8.42 Å². The third kappa shape index (κ3) is 4.34. The molecule has 2 rings (SSSR count). The third-order valence-corrected chi connectivity index (χ3v) is 6.24. The van der Waals surface area contributed by atoms with E-state index in [1.165, 1.54) is 25.4 Å². The second kappa shape index (κ2) is 6.85. The predicted molar refractivity (Wildman–Crippen MR) is 87.2 cm³/mol. The normalized spacial score (nSPS) is 22.6. The minimum absolute atomic E-state index is 0.101. The summed E-state index contributed by atoms with van der Waals surface area (Å²) >= 11 is 7.37. The molecule has 1 atom stereocenters. The Morgan fingerprint density at radius 1 is 1.48 bits per heavy atom.